The van der Waals surface area contributed by atoms with Gasteiger partial charge in [0, 0.05) is 23.6 Å². The van der Waals surface area contributed by atoms with Crippen molar-refractivity contribution in [1.82, 2.24) is 5.43 Å². The van der Waals surface area contributed by atoms with Gasteiger partial charge in [0.1, 0.15) is 0 Å². The van der Waals surface area contributed by atoms with Crippen molar-refractivity contribution < 1.29 is 9.59 Å². The molecule has 2 rings (SSSR count). The molecule has 0 aliphatic carbocycles. The largest absolute Gasteiger partial charge is 0.326 e. The summed E-state index contributed by atoms with van der Waals surface area (Å²) in [6.45, 7) is 1.81. The summed E-state index contributed by atoms with van der Waals surface area (Å²) in [4.78, 5) is 23.6. The highest BCUT2D eigenvalue weighted by Crippen LogP contribution is 2.15. The Balaban J connectivity index is 1.77. The highest BCUT2D eigenvalue weighted by molar-refractivity contribution is 6.30. The van der Waals surface area contributed by atoms with E-state index in [1.54, 1.807) is 24.3 Å². The topological polar surface area (TPSA) is 70.6 Å². The van der Waals surface area contributed by atoms with Crippen LogP contribution in [-0.2, 0) is 9.59 Å². The van der Waals surface area contributed by atoms with Crippen LogP contribution in [0.4, 0.5) is 5.69 Å². The molecular formula is C18H18ClN3O2. The Kier molecular flexibility index (Phi) is 6.51. The Morgan fingerprint density at radius 2 is 1.71 bits per heavy atom. The molecule has 2 aromatic rings. The van der Waals surface area contributed by atoms with Crippen molar-refractivity contribution in [2.45, 2.75) is 19.8 Å². The SMILES string of the molecule is CC(=NNC(=O)CCC(=O)Nc1cccc(Cl)c1)c1ccccc1. The van der Waals surface area contributed by atoms with Crippen molar-refractivity contribution in [3.8, 4) is 0 Å². The van der Waals surface area contributed by atoms with Crippen molar-refractivity contribution in [2.75, 3.05) is 5.32 Å². The van der Waals surface area contributed by atoms with Gasteiger partial charge in [-0.05, 0) is 30.7 Å². The summed E-state index contributed by atoms with van der Waals surface area (Å²) in [5.41, 5.74) is 4.69. The summed E-state index contributed by atoms with van der Waals surface area (Å²) in [6, 6.07) is 16.4. The van der Waals surface area contributed by atoms with Crippen LogP contribution in [0.5, 0.6) is 0 Å². The molecule has 0 bridgehead atoms. The summed E-state index contributed by atoms with van der Waals surface area (Å²) in [6.07, 6.45) is 0.121. The van der Waals surface area contributed by atoms with Crippen molar-refractivity contribution >= 4 is 34.8 Å². The summed E-state index contributed by atoms with van der Waals surface area (Å²) in [5, 5.41) is 7.26. The van der Waals surface area contributed by atoms with Crippen LogP contribution in [0.25, 0.3) is 0 Å². The monoisotopic (exact) mass is 343 g/mol. The van der Waals surface area contributed by atoms with Gasteiger partial charge in [-0.25, -0.2) is 5.43 Å². The zero-order valence-corrected chi connectivity index (χ0v) is 14.0. The molecule has 0 aliphatic heterocycles. The van der Waals surface area contributed by atoms with Gasteiger partial charge in [-0.3, -0.25) is 9.59 Å². The van der Waals surface area contributed by atoms with E-state index in [1.165, 1.54) is 0 Å². The molecule has 0 spiro atoms. The molecule has 0 radical (unpaired) electrons. The molecule has 0 unspecified atom stereocenters. The molecule has 5 nitrogen and oxygen atoms in total. The van der Waals surface area contributed by atoms with Gasteiger partial charge in [0.05, 0.1) is 5.71 Å². The van der Waals surface area contributed by atoms with Crippen LogP contribution in [0, 0.1) is 0 Å². The maximum absolute atomic E-state index is 11.8. The molecule has 24 heavy (non-hydrogen) atoms. The molecule has 0 heterocycles. The Hall–Kier alpha value is -2.66. The molecule has 0 aliphatic rings. The number of amides is 2. The fourth-order valence-corrected chi connectivity index (χ4v) is 2.15. The lowest BCUT2D eigenvalue weighted by Crippen LogP contribution is -2.21. The number of hydrogen-bond acceptors (Lipinski definition) is 3. The van der Waals surface area contributed by atoms with Crippen molar-refractivity contribution in [1.29, 1.82) is 0 Å². The van der Waals surface area contributed by atoms with Crippen molar-refractivity contribution in [3.05, 3.63) is 65.2 Å². The number of halogens is 1. The number of benzene rings is 2. The number of anilines is 1. The lowest BCUT2D eigenvalue weighted by Gasteiger charge is -2.05. The second-order valence-corrected chi connectivity index (χ2v) is 5.59. The molecule has 124 valence electrons. The number of carbonyl (C=O) groups excluding carboxylic acids is 2. The first-order valence-electron chi connectivity index (χ1n) is 7.48. The van der Waals surface area contributed by atoms with E-state index < -0.39 is 0 Å². The van der Waals surface area contributed by atoms with E-state index >= 15 is 0 Å². The minimum absolute atomic E-state index is 0.0535. The van der Waals surface area contributed by atoms with Gasteiger partial charge in [-0.2, -0.15) is 5.10 Å². The molecule has 0 atom stereocenters. The van der Waals surface area contributed by atoms with Gasteiger partial charge in [0.15, 0.2) is 0 Å². The van der Waals surface area contributed by atoms with Gasteiger partial charge < -0.3 is 5.32 Å². The minimum atomic E-state index is -0.313. The van der Waals surface area contributed by atoms with Crippen LogP contribution in [0.15, 0.2) is 59.7 Å². The molecule has 2 N–H and O–H groups in total. The average Bonchev–Trinajstić information content (AvgIpc) is 2.58. The first-order valence-corrected chi connectivity index (χ1v) is 7.86. The highest BCUT2D eigenvalue weighted by Gasteiger charge is 2.07. The number of rotatable bonds is 6. The lowest BCUT2D eigenvalue weighted by molar-refractivity contribution is -0.124. The van der Waals surface area contributed by atoms with Gasteiger partial charge in [-0.1, -0.05) is 48.0 Å². The number of carbonyl (C=O) groups is 2. The van der Waals surface area contributed by atoms with Crippen LogP contribution in [0.3, 0.4) is 0 Å². The van der Waals surface area contributed by atoms with Gasteiger partial charge in [-0.15, -0.1) is 0 Å². The van der Waals surface area contributed by atoms with Crippen LogP contribution in [0.1, 0.15) is 25.3 Å². The number of nitrogens with one attached hydrogen (secondary N) is 2. The van der Waals surface area contributed by atoms with Crippen LogP contribution in [0.2, 0.25) is 5.02 Å². The highest BCUT2D eigenvalue weighted by atomic mass is 35.5. The van der Waals surface area contributed by atoms with Gasteiger partial charge in [0.25, 0.3) is 0 Å². The zero-order chi connectivity index (χ0) is 17.4. The van der Waals surface area contributed by atoms with E-state index in [2.05, 4.69) is 15.8 Å². The maximum Gasteiger partial charge on any atom is 0.240 e. The Labute approximate surface area is 145 Å². The maximum atomic E-state index is 11.8. The van der Waals surface area contributed by atoms with Crippen molar-refractivity contribution in [2.24, 2.45) is 5.10 Å². The predicted molar refractivity (Wildman–Crippen MR) is 96.1 cm³/mol. The zero-order valence-electron chi connectivity index (χ0n) is 13.3. The van der Waals surface area contributed by atoms with E-state index in [0.717, 1.165) is 5.56 Å². The number of hydrazone groups is 1. The first-order chi connectivity index (χ1) is 11.5. The fraction of sp³-hybridized carbons (Fsp3) is 0.167. The van der Waals surface area contributed by atoms with Gasteiger partial charge >= 0.3 is 0 Å². The summed E-state index contributed by atoms with van der Waals surface area (Å²) in [5.74, 6) is -0.567. The van der Waals surface area contributed by atoms with Crippen LogP contribution >= 0.6 is 11.6 Å². The van der Waals surface area contributed by atoms with E-state index in [4.69, 9.17) is 11.6 Å². The van der Waals surface area contributed by atoms with Crippen LogP contribution in [-0.4, -0.2) is 17.5 Å². The number of nitrogens with zero attached hydrogens (tertiary/aromatic N) is 1. The summed E-state index contributed by atoms with van der Waals surface area (Å²) >= 11 is 5.85. The third-order valence-corrected chi connectivity index (χ3v) is 3.46. The molecule has 0 saturated carbocycles. The van der Waals surface area contributed by atoms with E-state index in [9.17, 15) is 9.59 Å². The van der Waals surface area contributed by atoms with Crippen molar-refractivity contribution in [3.63, 3.8) is 0 Å². The second-order valence-electron chi connectivity index (χ2n) is 5.16. The third kappa shape index (κ3) is 5.85. The smallest absolute Gasteiger partial charge is 0.240 e. The molecule has 0 saturated heterocycles. The normalized spacial score (nSPS) is 11.0. The van der Waals surface area contributed by atoms with E-state index in [0.29, 0.717) is 16.4 Å². The lowest BCUT2D eigenvalue weighted by atomic mass is 10.1. The van der Waals surface area contributed by atoms with E-state index in [-0.39, 0.29) is 24.7 Å². The van der Waals surface area contributed by atoms with Gasteiger partial charge in [0.2, 0.25) is 11.8 Å². The Morgan fingerprint density at radius 1 is 1.00 bits per heavy atom. The second kappa shape index (κ2) is 8.84. The minimum Gasteiger partial charge on any atom is -0.326 e. The Bertz CT molecular complexity index is 745. The molecule has 2 aromatic carbocycles. The third-order valence-electron chi connectivity index (χ3n) is 3.23. The quantitative estimate of drug-likeness (QED) is 0.621. The van der Waals surface area contributed by atoms with E-state index in [1.807, 2.05) is 37.3 Å². The number of hydrogen-bond donors (Lipinski definition) is 2. The Morgan fingerprint density at radius 3 is 2.42 bits per heavy atom. The molecule has 0 fully saturated rings. The standard InChI is InChI=1S/C18H18ClN3O2/c1-13(14-6-3-2-4-7-14)21-22-18(24)11-10-17(23)20-16-9-5-8-15(19)12-16/h2-9,12H,10-11H2,1H3,(H,20,23)(H,22,24). The summed E-state index contributed by atoms with van der Waals surface area (Å²) in [7, 11) is 0. The molecule has 0 aromatic heterocycles. The average molecular weight is 344 g/mol. The molecular weight excluding hydrogens is 326 g/mol. The molecule has 2 amide bonds. The summed E-state index contributed by atoms with van der Waals surface area (Å²) < 4.78 is 0. The van der Waals surface area contributed by atoms with Crippen LogP contribution < -0.4 is 10.7 Å². The first kappa shape index (κ1) is 17.7. The molecule has 6 heteroatoms. The fourth-order valence-electron chi connectivity index (χ4n) is 1.96. The predicted octanol–water partition coefficient (Wildman–Crippen LogP) is 3.60.